The van der Waals surface area contributed by atoms with E-state index in [1.807, 2.05) is 6.07 Å². The maximum atomic E-state index is 5.61. The van der Waals surface area contributed by atoms with E-state index in [2.05, 4.69) is 48.3 Å². The second kappa shape index (κ2) is 6.90. The van der Waals surface area contributed by atoms with Gasteiger partial charge in [-0.2, -0.15) is 0 Å². The Bertz CT molecular complexity index is 404. The summed E-state index contributed by atoms with van der Waals surface area (Å²) in [7, 11) is 0. The number of nitrogens with one attached hydrogen (secondary N) is 1. The molecular formula is C16H24N2S. The van der Waals surface area contributed by atoms with Gasteiger partial charge in [-0.15, -0.1) is 0 Å². The Hall–Kier alpha value is -1.09. The molecule has 2 unspecified atom stereocenters. The van der Waals surface area contributed by atoms with E-state index < -0.39 is 0 Å². The van der Waals surface area contributed by atoms with Crippen LogP contribution in [0.2, 0.25) is 0 Å². The first-order valence-electron chi connectivity index (χ1n) is 7.34. The number of hydrogen-bond donors (Lipinski definition) is 1. The molecule has 104 valence electrons. The summed E-state index contributed by atoms with van der Waals surface area (Å²) in [6.07, 6.45) is 5.06. The van der Waals surface area contributed by atoms with Gasteiger partial charge in [0.1, 0.15) is 0 Å². The van der Waals surface area contributed by atoms with Crippen LogP contribution in [0.15, 0.2) is 30.3 Å². The lowest BCUT2D eigenvalue weighted by atomic mass is 10.0. The summed E-state index contributed by atoms with van der Waals surface area (Å²) >= 11 is 5.61. The summed E-state index contributed by atoms with van der Waals surface area (Å²) in [6.45, 7) is 5.53. The molecule has 1 aliphatic rings. The van der Waals surface area contributed by atoms with Crippen molar-refractivity contribution >= 4 is 17.3 Å². The van der Waals surface area contributed by atoms with Crippen molar-refractivity contribution in [2.45, 2.75) is 51.6 Å². The van der Waals surface area contributed by atoms with Crippen molar-refractivity contribution in [3.05, 3.63) is 35.9 Å². The number of rotatable bonds is 3. The average Bonchev–Trinajstić information content (AvgIpc) is 2.48. The van der Waals surface area contributed by atoms with E-state index in [1.54, 1.807) is 0 Å². The number of thiocarbonyl (C=S) groups is 1. The summed E-state index contributed by atoms with van der Waals surface area (Å²) in [5.74, 6) is 0. The first-order valence-corrected chi connectivity index (χ1v) is 7.75. The van der Waals surface area contributed by atoms with Crippen LogP contribution >= 0.6 is 12.2 Å². The van der Waals surface area contributed by atoms with E-state index in [0.717, 1.165) is 11.7 Å². The van der Waals surface area contributed by atoms with Gasteiger partial charge in [-0.25, -0.2) is 0 Å². The molecule has 1 heterocycles. The van der Waals surface area contributed by atoms with Crippen molar-refractivity contribution in [1.82, 2.24) is 10.2 Å². The predicted octanol–water partition coefficient (Wildman–Crippen LogP) is 3.89. The van der Waals surface area contributed by atoms with Crippen LogP contribution in [0.5, 0.6) is 0 Å². The van der Waals surface area contributed by atoms with Crippen molar-refractivity contribution < 1.29 is 0 Å². The van der Waals surface area contributed by atoms with Crippen LogP contribution in [0.3, 0.4) is 0 Å². The van der Waals surface area contributed by atoms with E-state index in [0.29, 0.717) is 6.04 Å². The Morgan fingerprint density at radius 1 is 1.37 bits per heavy atom. The molecule has 19 heavy (non-hydrogen) atoms. The zero-order valence-corrected chi connectivity index (χ0v) is 12.7. The molecule has 1 saturated heterocycles. The van der Waals surface area contributed by atoms with Gasteiger partial charge in [0.25, 0.3) is 0 Å². The van der Waals surface area contributed by atoms with E-state index in [9.17, 15) is 0 Å². The fourth-order valence-corrected chi connectivity index (χ4v) is 3.20. The second-order valence-electron chi connectivity index (χ2n) is 5.33. The number of nitrogens with zero attached hydrogens (tertiary/aromatic N) is 1. The molecule has 0 aliphatic carbocycles. The highest BCUT2D eigenvalue weighted by Gasteiger charge is 2.23. The Kier molecular flexibility index (Phi) is 5.20. The van der Waals surface area contributed by atoms with Crippen LogP contribution in [-0.2, 0) is 0 Å². The molecule has 2 rings (SSSR count). The van der Waals surface area contributed by atoms with Crippen LogP contribution in [0.25, 0.3) is 0 Å². The standard InChI is InChI=1S/C16H24N2S/c1-3-15-11-7-8-12-18(15)16(19)17-13(2)14-9-5-4-6-10-14/h4-6,9-10,13,15H,3,7-8,11-12H2,1-2H3,(H,17,19). The van der Waals surface area contributed by atoms with E-state index in [-0.39, 0.29) is 6.04 Å². The molecule has 1 fully saturated rings. The predicted molar refractivity (Wildman–Crippen MR) is 85.2 cm³/mol. The maximum Gasteiger partial charge on any atom is 0.169 e. The first-order chi connectivity index (χ1) is 9.22. The largest absolute Gasteiger partial charge is 0.356 e. The molecule has 3 heteroatoms. The fraction of sp³-hybridized carbons (Fsp3) is 0.562. The molecule has 1 aliphatic heterocycles. The van der Waals surface area contributed by atoms with Gasteiger partial charge in [0.15, 0.2) is 5.11 Å². The third-order valence-electron chi connectivity index (χ3n) is 4.00. The Morgan fingerprint density at radius 3 is 2.79 bits per heavy atom. The van der Waals surface area contributed by atoms with Crippen LogP contribution in [0, 0.1) is 0 Å². The van der Waals surface area contributed by atoms with Crippen molar-refractivity contribution in [3.63, 3.8) is 0 Å². The van der Waals surface area contributed by atoms with Gasteiger partial charge in [0.2, 0.25) is 0 Å². The normalized spacial score (nSPS) is 20.9. The molecule has 0 aromatic heterocycles. The molecule has 2 nitrogen and oxygen atoms in total. The monoisotopic (exact) mass is 276 g/mol. The van der Waals surface area contributed by atoms with Crippen molar-refractivity contribution in [3.8, 4) is 0 Å². The Balaban J connectivity index is 1.96. The fourth-order valence-electron chi connectivity index (χ4n) is 2.79. The lowest BCUT2D eigenvalue weighted by Gasteiger charge is -2.38. The maximum absolute atomic E-state index is 5.61. The molecule has 1 N–H and O–H groups in total. The Morgan fingerprint density at radius 2 is 2.11 bits per heavy atom. The first kappa shape index (κ1) is 14.3. The molecule has 0 amide bonds. The minimum Gasteiger partial charge on any atom is -0.356 e. The highest BCUT2D eigenvalue weighted by atomic mass is 32.1. The molecular weight excluding hydrogens is 252 g/mol. The smallest absolute Gasteiger partial charge is 0.169 e. The molecule has 0 saturated carbocycles. The quantitative estimate of drug-likeness (QED) is 0.843. The van der Waals surface area contributed by atoms with Crippen molar-refractivity contribution in [1.29, 1.82) is 0 Å². The minimum absolute atomic E-state index is 0.271. The van der Waals surface area contributed by atoms with E-state index in [1.165, 1.54) is 31.2 Å². The molecule has 0 bridgehead atoms. The van der Waals surface area contributed by atoms with E-state index >= 15 is 0 Å². The summed E-state index contributed by atoms with van der Waals surface area (Å²) < 4.78 is 0. The van der Waals surface area contributed by atoms with E-state index in [4.69, 9.17) is 12.2 Å². The van der Waals surface area contributed by atoms with Crippen LogP contribution < -0.4 is 5.32 Å². The SMILES string of the molecule is CCC1CCCCN1C(=S)NC(C)c1ccccc1. The van der Waals surface area contributed by atoms with Gasteiger partial charge >= 0.3 is 0 Å². The topological polar surface area (TPSA) is 15.3 Å². The van der Waals surface area contributed by atoms with Gasteiger partial charge in [-0.1, -0.05) is 37.3 Å². The highest BCUT2D eigenvalue weighted by molar-refractivity contribution is 7.80. The lowest BCUT2D eigenvalue weighted by Crippen LogP contribution is -2.48. The zero-order chi connectivity index (χ0) is 13.7. The number of piperidine rings is 1. The van der Waals surface area contributed by atoms with Crippen LogP contribution in [0.1, 0.15) is 51.1 Å². The van der Waals surface area contributed by atoms with Gasteiger partial charge < -0.3 is 10.2 Å². The van der Waals surface area contributed by atoms with Gasteiger partial charge in [-0.3, -0.25) is 0 Å². The van der Waals surface area contributed by atoms with Crippen LogP contribution in [-0.4, -0.2) is 22.6 Å². The summed E-state index contributed by atoms with van der Waals surface area (Å²) in [4.78, 5) is 2.39. The molecule has 2 atom stereocenters. The number of hydrogen-bond acceptors (Lipinski definition) is 1. The molecule has 1 aromatic rings. The number of benzene rings is 1. The van der Waals surface area contributed by atoms with Crippen molar-refractivity contribution in [2.75, 3.05) is 6.54 Å². The third-order valence-corrected chi connectivity index (χ3v) is 4.35. The van der Waals surface area contributed by atoms with Crippen LogP contribution in [0.4, 0.5) is 0 Å². The molecule has 0 radical (unpaired) electrons. The van der Waals surface area contributed by atoms with Crippen molar-refractivity contribution in [2.24, 2.45) is 0 Å². The summed E-state index contributed by atoms with van der Waals surface area (Å²) in [5.41, 5.74) is 1.29. The molecule has 0 spiro atoms. The third kappa shape index (κ3) is 3.69. The minimum atomic E-state index is 0.271. The second-order valence-corrected chi connectivity index (χ2v) is 5.72. The summed E-state index contributed by atoms with van der Waals surface area (Å²) in [6, 6.07) is 11.4. The lowest BCUT2D eigenvalue weighted by molar-refractivity contribution is 0.231. The zero-order valence-electron chi connectivity index (χ0n) is 11.9. The number of likely N-dealkylation sites (tertiary alicyclic amines) is 1. The van der Waals surface area contributed by atoms with Gasteiger partial charge in [0, 0.05) is 12.6 Å². The summed E-state index contributed by atoms with van der Waals surface area (Å²) in [5, 5.41) is 4.41. The average molecular weight is 276 g/mol. The Labute approximate surface area is 122 Å². The highest BCUT2D eigenvalue weighted by Crippen LogP contribution is 2.20. The van der Waals surface area contributed by atoms with Gasteiger partial charge in [0.05, 0.1) is 6.04 Å². The van der Waals surface area contributed by atoms with Gasteiger partial charge in [-0.05, 0) is 50.4 Å². The molecule has 1 aromatic carbocycles.